The Balaban J connectivity index is 1.59. The molecule has 2 aliphatic carbocycles. The number of alkyl halides is 7. The number of benzene rings is 2. The van der Waals surface area contributed by atoms with Gasteiger partial charge in [0, 0.05) is 44.1 Å². The molecule has 6 nitrogen and oxygen atoms in total. The summed E-state index contributed by atoms with van der Waals surface area (Å²) in [6.07, 6.45) is -12.8. The first-order valence-electron chi connectivity index (χ1n) is 13.9. The van der Waals surface area contributed by atoms with Crippen molar-refractivity contribution < 1.29 is 58.2 Å². The fourth-order valence-electron chi connectivity index (χ4n) is 7.00. The smallest absolute Gasteiger partial charge is 0.388 e. The molecule has 0 unspecified atom stereocenters. The highest BCUT2D eigenvalue weighted by atomic mass is 32.2. The van der Waals surface area contributed by atoms with Crippen molar-refractivity contribution in [2.75, 3.05) is 19.8 Å². The van der Waals surface area contributed by atoms with Crippen molar-refractivity contribution in [3.8, 4) is 0 Å². The molecule has 2 aromatic carbocycles. The number of sulfone groups is 1. The summed E-state index contributed by atoms with van der Waals surface area (Å²) >= 11 is 0. The van der Waals surface area contributed by atoms with Crippen LogP contribution in [0.25, 0.3) is 0 Å². The number of hydrogen-bond donors (Lipinski definition) is 2. The van der Waals surface area contributed by atoms with E-state index in [0.717, 1.165) is 30.3 Å². The fourth-order valence-corrected chi connectivity index (χ4v) is 9.48. The molecule has 44 heavy (non-hydrogen) atoms. The van der Waals surface area contributed by atoms with Crippen LogP contribution in [-0.2, 0) is 36.2 Å². The second-order valence-electron chi connectivity index (χ2n) is 11.7. The number of rotatable bonds is 6. The van der Waals surface area contributed by atoms with Gasteiger partial charge in [0.2, 0.25) is 5.91 Å². The lowest BCUT2D eigenvalue weighted by Crippen LogP contribution is -2.51. The molecule has 1 aliphatic heterocycles. The van der Waals surface area contributed by atoms with E-state index in [2.05, 4.69) is 5.32 Å². The number of amides is 1. The van der Waals surface area contributed by atoms with Crippen LogP contribution in [-0.4, -0.2) is 57.1 Å². The van der Waals surface area contributed by atoms with Crippen LogP contribution in [0.15, 0.2) is 47.4 Å². The van der Waals surface area contributed by atoms with E-state index in [0.29, 0.717) is 6.07 Å². The largest absolute Gasteiger partial charge is 0.435 e. The van der Waals surface area contributed by atoms with E-state index in [4.69, 9.17) is 4.74 Å². The molecule has 5 rings (SSSR count). The molecule has 0 bridgehead atoms. The maximum absolute atomic E-state index is 15.0. The minimum atomic E-state index is -6.36. The van der Waals surface area contributed by atoms with Gasteiger partial charge in [-0.05, 0) is 67.0 Å². The Morgan fingerprint density at radius 2 is 1.55 bits per heavy atom. The van der Waals surface area contributed by atoms with Crippen LogP contribution < -0.4 is 5.32 Å². The van der Waals surface area contributed by atoms with E-state index < -0.39 is 67.3 Å². The summed E-state index contributed by atoms with van der Waals surface area (Å²) in [5, 5.41) is 13.5. The van der Waals surface area contributed by atoms with E-state index in [1.54, 1.807) is 0 Å². The highest BCUT2D eigenvalue weighted by Crippen LogP contribution is 2.60. The van der Waals surface area contributed by atoms with Crippen LogP contribution in [0.5, 0.6) is 0 Å². The summed E-state index contributed by atoms with van der Waals surface area (Å²) in [6.45, 7) is 0.418. The number of nitrogens with one attached hydrogen (secondary N) is 1. The Kier molecular flexibility index (Phi) is 8.10. The third-order valence-electron chi connectivity index (χ3n) is 9.33. The molecule has 2 N–H and O–H groups in total. The maximum Gasteiger partial charge on any atom is 0.435 e. The van der Waals surface area contributed by atoms with Crippen molar-refractivity contribution in [3.63, 3.8) is 0 Å². The zero-order chi connectivity index (χ0) is 32.3. The summed E-state index contributed by atoms with van der Waals surface area (Å²) in [5.74, 6) is -3.25. The molecule has 15 heteroatoms. The Morgan fingerprint density at radius 3 is 2.14 bits per heavy atom. The van der Waals surface area contributed by atoms with Gasteiger partial charge in [-0.2, -0.15) is 26.3 Å². The number of ether oxygens (including phenoxy) is 1. The fraction of sp³-hybridized carbons (Fsp3) is 0.552. The average molecular weight is 656 g/mol. The molecule has 2 aromatic rings. The third kappa shape index (κ3) is 5.08. The van der Waals surface area contributed by atoms with Gasteiger partial charge >= 0.3 is 18.0 Å². The molecule has 2 fully saturated rings. The van der Waals surface area contributed by atoms with Gasteiger partial charge in [-0.15, -0.1) is 0 Å². The number of hydrogen-bond acceptors (Lipinski definition) is 5. The number of aliphatic hydroxyl groups is 1. The zero-order valence-electron chi connectivity index (χ0n) is 23.1. The maximum atomic E-state index is 15.0. The molecule has 1 amide bonds. The van der Waals surface area contributed by atoms with Crippen molar-refractivity contribution in [1.29, 1.82) is 0 Å². The first kappa shape index (κ1) is 32.6. The summed E-state index contributed by atoms with van der Waals surface area (Å²) in [7, 11) is -4.56. The predicted molar refractivity (Wildman–Crippen MR) is 139 cm³/mol. The standard InChI is InChI=1S/C29H29F8NO5S/c30-19-3-5-20(6-4-19)44(41,42)26-10-9-21(24(39)38-16-25(40)11-13-43-14-12-25)23(26)7-1-17-15-18(2-8-22(17)26)27(31,28(32,33)34)29(35,36)37/h2-6,8,15,21,23,40H,1,7,9-14,16H2,(H,38,39)/t21-,23+,26-/m1/s1. The van der Waals surface area contributed by atoms with E-state index in [-0.39, 0.29) is 80.4 Å². The minimum Gasteiger partial charge on any atom is -0.388 e. The van der Waals surface area contributed by atoms with E-state index in [1.807, 2.05) is 0 Å². The molecule has 1 heterocycles. The SMILES string of the molecule is O=C(NCC1(O)CCOCC1)[C@@H]1CC[C@@]2(S(=O)(=O)c3ccc(F)cc3)c3ccc(C(F)(C(F)(F)F)C(F)(F)F)cc3CC[C@@H]12. The van der Waals surface area contributed by atoms with Crippen molar-refractivity contribution in [2.45, 2.75) is 71.8 Å². The predicted octanol–water partition coefficient (Wildman–Crippen LogP) is 5.41. The molecule has 3 atom stereocenters. The number of carbonyl (C=O) groups is 1. The number of halogens is 8. The van der Waals surface area contributed by atoms with E-state index >= 15 is 0 Å². The Hall–Kier alpha value is -2.78. The lowest BCUT2D eigenvalue weighted by atomic mass is 9.72. The zero-order valence-corrected chi connectivity index (χ0v) is 23.9. The number of aryl methyl sites for hydroxylation is 1. The topological polar surface area (TPSA) is 92.7 Å². The van der Waals surface area contributed by atoms with Gasteiger partial charge in [-0.3, -0.25) is 4.79 Å². The van der Waals surface area contributed by atoms with Crippen LogP contribution in [0, 0.1) is 17.7 Å². The first-order chi connectivity index (χ1) is 20.4. The summed E-state index contributed by atoms with van der Waals surface area (Å²) < 4.78 is 142. The minimum absolute atomic E-state index is 0.0161. The van der Waals surface area contributed by atoms with Gasteiger partial charge in [0.1, 0.15) is 10.6 Å². The average Bonchev–Trinajstić information content (AvgIpc) is 3.36. The molecule has 1 saturated heterocycles. The lowest BCUT2D eigenvalue weighted by Gasteiger charge is -2.43. The Morgan fingerprint density at radius 1 is 0.932 bits per heavy atom. The van der Waals surface area contributed by atoms with Gasteiger partial charge in [0.05, 0.1) is 10.5 Å². The number of carbonyl (C=O) groups excluding carboxylic acids is 1. The molecule has 1 saturated carbocycles. The van der Waals surface area contributed by atoms with Gasteiger partial charge in [0.25, 0.3) is 0 Å². The van der Waals surface area contributed by atoms with Gasteiger partial charge in [-0.25, -0.2) is 17.2 Å². The van der Waals surface area contributed by atoms with Crippen LogP contribution in [0.1, 0.15) is 48.8 Å². The highest BCUT2D eigenvalue weighted by molar-refractivity contribution is 7.92. The summed E-state index contributed by atoms with van der Waals surface area (Å²) in [6, 6.07) is 5.24. The van der Waals surface area contributed by atoms with Gasteiger partial charge in [0.15, 0.2) is 9.84 Å². The second kappa shape index (κ2) is 10.9. The van der Waals surface area contributed by atoms with E-state index in [9.17, 15) is 53.4 Å². The van der Waals surface area contributed by atoms with E-state index in [1.165, 1.54) is 0 Å². The molecule has 0 radical (unpaired) electrons. The third-order valence-corrected chi connectivity index (χ3v) is 11.9. The molecule has 0 spiro atoms. The van der Waals surface area contributed by atoms with Gasteiger partial charge < -0.3 is 15.2 Å². The monoisotopic (exact) mass is 655 g/mol. The van der Waals surface area contributed by atoms with Crippen molar-refractivity contribution >= 4 is 15.7 Å². The van der Waals surface area contributed by atoms with Crippen molar-refractivity contribution in [1.82, 2.24) is 5.32 Å². The Bertz CT molecular complexity index is 1510. The molecule has 0 aromatic heterocycles. The quantitative estimate of drug-likeness (QED) is 0.321. The Labute approximate surface area is 247 Å². The molecular weight excluding hydrogens is 626 g/mol. The number of fused-ring (bicyclic) bond motifs is 3. The lowest BCUT2D eigenvalue weighted by molar-refractivity contribution is -0.348. The second-order valence-corrected chi connectivity index (χ2v) is 13.9. The van der Waals surface area contributed by atoms with Crippen LogP contribution in [0.3, 0.4) is 0 Å². The van der Waals surface area contributed by atoms with Crippen LogP contribution in [0.2, 0.25) is 0 Å². The normalized spacial score (nSPS) is 25.7. The molecular formula is C29H29F8NO5S. The summed E-state index contributed by atoms with van der Waals surface area (Å²) in [5.41, 5.74) is -9.04. The summed E-state index contributed by atoms with van der Waals surface area (Å²) in [4.78, 5) is 13.1. The van der Waals surface area contributed by atoms with Crippen LogP contribution >= 0.6 is 0 Å². The molecule has 3 aliphatic rings. The van der Waals surface area contributed by atoms with Crippen molar-refractivity contribution in [2.24, 2.45) is 11.8 Å². The molecule has 242 valence electrons. The first-order valence-corrected chi connectivity index (χ1v) is 15.4. The van der Waals surface area contributed by atoms with Gasteiger partial charge in [-0.1, -0.05) is 18.2 Å². The highest BCUT2D eigenvalue weighted by Gasteiger charge is 2.74. The van der Waals surface area contributed by atoms with Crippen LogP contribution in [0.4, 0.5) is 35.1 Å². The van der Waals surface area contributed by atoms with Crippen molar-refractivity contribution in [3.05, 3.63) is 65.0 Å².